The minimum atomic E-state index is 0.706. The first-order valence-corrected chi connectivity index (χ1v) is 9.18. The number of methoxy groups -OCH3 is 1. The maximum atomic E-state index is 5.45. The number of hydrogen-bond acceptors (Lipinski definition) is 2. The van der Waals surface area contributed by atoms with Gasteiger partial charge in [-0.05, 0) is 61.3 Å². The Kier molecular flexibility index (Phi) is 5.41. The molecule has 1 aromatic carbocycles. The maximum Gasteiger partial charge on any atom is 0.119 e. The van der Waals surface area contributed by atoms with Gasteiger partial charge in [-0.25, -0.2) is 0 Å². The van der Waals surface area contributed by atoms with Gasteiger partial charge in [0.2, 0.25) is 0 Å². The summed E-state index contributed by atoms with van der Waals surface area (Å²) in [7, 11) is 1.77. The van der Waals surface area contributed by atoms with Gasteiger partial charge < -0.3 is 9.64 Å². The van der Waals surface area contributed by atoms with Crippen molar-refractivity contribution in [1.29, 1.82) is 0 Å². The summed E-state index contributed by atoms with van der Waals surface area (Å²) in [5.41, 5.74) is 1.50. The highest BCUT2D eigenvalue weighted by molar-refractivity contribution is 5.32. The fourth-order valence-corrected chi connectivity index (χ4v) is 4.63. The SMILES string of the molecule is CCCCCN1CC2CCCC2C(c2cccc(OC)c2)C1. The van der Waals surface area contributed by atoms with Crippen LogP contribution in [0.5, 0.6) is 5.75 Å². The Morgan fingerprint density at radius 3 is 2.91 bits per heavy atom. The van der Waals surface area contributed by atoms with Crippen LogP contribution in [0.4, 0.5) is 0 Å². The molecule has 1 aliphatic heterocycles. The quantitative estimate of drug-likeness (QED) is 0.706. The summed E-state index contributed by atoms with van der Waals surface area (Å²) in [6.45, 7) is 6.17. The largest absolute Gasteiger partial charge is 0.497 e. The van der Waals surface area contributed by atoms with Gasteiger partial charge in [-0.15, -0.1) is 0 Å². The number of unbranched alkanes of at least 4 members (excludes halogenated alkanes) is 2. The van der Waals surface area contributed by atoms with Gasteiger partial charge in [-0.1, -0.05) is 38.3 Å². The van der Waals surface area contributed by atoms with Crippen molar-refractivity contribution in [3.8, 4) is 5.75 Å². The molecule has 0 N–H and O–H groups in total. The highest BCUT2D eigenvalue weighted by Gasteiger charge is 2.39. The highest BCUT2D eigenvalue weighted by atomic mass is 16.5. The fourth-order valence-electron chi connectivity index (χ4n) is 4.63. The van der Waals surface area contributed by atoms with Crippen molar-refractivity contribution in [2.24, 2.45) is 11.8 Å². The molecular weight excluding hydrogens is 270 g/mol. The molecule has 0 radical (unpaired) electrons. The molecule has 0 bridgehead atoms. The van der Waals surface area contributed by atoms with E-state index >= 15 is 0 Å². The van der Waals surface area contributed by atoms with E-state index in [9.17, 15) is 0 Å². The first-order valence-electron chi connectivity index (χ1n) is 9.18. The van der Waals surface area contributed by atoms with Gasteiger partial charge >= 0.3 is 0 Å². The smallest absolute Gasteiger partial charge is 0.119 e. The molecule has 2 fully saturated rings. The van der Waals surface area contributed by atoms with Crippen LogP contribution in [0.25, 0.3) is 0 Å². The number of piperidine rings is 1. The van der Waals surface area contributed by atoms with E-state index in [-0.39, 0.29) is 0 Å². The average Bonchev–Trinajstić information content (AvgIpc) is 3.03. The third-order valence-corrected chi connectivity index (χ3v) is 5.78. The predicted molar refractivity (Wildman–Crippen MR) is 92.5 cm³/mol. The molecule has 2 aliphatic rings. The third kappa shape index (κ3) is 3.48. The van der Waals surface area contributed by atoms with Gasteiger partial charge in [0.05, 0.1) is 7.11 Å². The zero-order chi connectivity index (χ0) is 15.4. The van der Waals surface area contributed by atoms with Crippen molar-refractivity contribution in [3.05, 3.63) is 29.8 Å². The van der Waals surface area contributed by atoms with Crippen LogP contribution in [0.2, 0.25) is 0 Å². The molecule has 0 amide bonds. The van der Waals surface area contributed by atoms with Gasteiger partial charge in [-0.3, -0.25) is 0 Å². The molecule has 0 spiro atoms. The van der Waals surface area contributed by atoms with Crippen molar-refractivity contribution in [1.82, 2.24) is 4.90 Å². The fraction of sp³-hybridized carbons (Fsp3) is 0.700. The molecule has 3 unspecified atom stereocenters. The number of nitrogens with zero attached hydrogens (tertiary/aromatic N) is 1. The first kappa shape index (κ1) is 15.9. The van der Waals surface area contributed by atoms with Crippen molar-refractivity contribution in [3.63, 3.8) is 0 Å². The van der Waals surface area contributed by atoms with Gasteiger partial charge in [0.1, 0.15) is 5.75 Å². The molecule has 1 saturated carbocycles. The van der Waals surface area contributed by atoms with E-state index in [1.807, 2.05) is 0 Å². The molecule has 1 heterocycles. The van der Waals surface area contributed by atoms with Crippen LogP contribution in [0.3, 0.4) is 0 Å². The van der Waals surface area contributed by atoms with Crippen LogP contribution < -0.4 is 4.74 Å². The molecule has 1 aromatic rings. The number of rotatable bonds is 6. The Morgan fingerprint density at radius 2 is 2.09 bits per heavy atom. The van der Waals surface area contributed by atoms with Crippen LogP contribution in [0.1, 0.15) is 56.9 Å². The van der Waals surface area contributed by atoms with Gasteiger partial charge in [0, 0.05) is 13.1 Å². The Balaban J connectivity index is 1.74. The van der Waals surface area contributed by atoms with Crippen molar-refractivity contribution in [2.75, 3.05) is 26.7 Å². The van der Waals surface area contributed by atoms with E-state index in [0.29, 0.717) is 5.92 Å². The van der Waals surface area contributed by atoms with Crippen LogP contribution in [0.15, 0.2) is 24.3 Å². The van der Waals surface area contributed by atoms with Gasteiger partial charge in [0.15, 0.2) is 0 Å². The summed E-state index contributed by atoms with van der Waals surface area (Å²) in [6, 6.07) is 8.82. The van der Waals surface area contributed by atoms with E-state index < -0.39 is 0 Å². The highest BCUT2D eigenvalue weighted by Crippen LogP contribution is 2.45. The molecule has 0 aromatic heterocycles. The molecular formula is C20H31NO. The van der Waals surface area contributed by atoms with Crippen molar-refractivity contribution < 1.29 is 4.74 Å². The Hall–Kier alpha value is -1.02. The Labute approximate surface area is 135 Å². The first-order chi connectivity index (χ1) is 10.8. The Bertz CT molecular complexity index is 473. The topological polar surface area (TPSA) is 12.5 Å². The van der Waals surface area contributed by atoms with E-state index in [0.717, 1.165) is 17.6 Å². The lowest BCUT2D eigenvalue weighted by atomic mass is 9.76. The molecule has 2 heteroatoms. The normalized spacial score (nSPS) is 28.5. The number of ether oxygens (including phenoxy) is 1. The molecule has 3 atom stereocenters. The van der Waals surface area contributed by atoms with Gasteiger partial charge in [0.25, 0.3) is 0 Å². The minimum absolute atomic E-state index is 0.706. The second kappa shape index (κ2) is 7.50. The summed E-state index contributed by atoms with van der Waals surface area (Å²) in [6.07, 6.45) is 8.34. The van der Waals surface area contributed by atoms with Crippen LogP contribution in [-0.4, -0.2) is 31.6 Å². The summed E-state index contributed by atoms with van der Waals surface area (Å²) >= 11 is 0. The summed E-state index contributed by atoms with van der Waals surface area (Å²) in [4.78, 5) is 2.74. The second-order valence-corrected chi connectivity index (χ2v) is 7.20. The lowest BCUT2D eigenvalue weighted by Crippen LogP contribution is -2.43. The Morgan fingerprint density at radius 1 is 1.18 bits per heavy atom. The standard InChI is InChI=1S/C20H31NO/c1-3-4-5-12-21-14-17-9-7-11-19(17)20(15-21)16-8-6-10-18(13-16)22-2/h6,8,10,13,17,19-20H,3-5,7,9,11-12,14-15H2,1-2H3. The van der Waals surface area contributed by atoms with Crippen LogP contribution in [-0.2, 0) is 0 Å². The predicted octanol–water partition coefficient (Wildman–Crippen LogP) is 4.70. The summed E-state index contributed by atoms with van der Waals surface area (Å²) in [5.74, 6) is 3.54. The number of likely N-dealkylation sites (tertiary alicyclic amines) is 1. The molecule has 122 valence electrons. The summed E-state index contributed by atoms with van der Waals surface area (Å²) in [5, 5.41) is 0. The average molecular weight is 301 g/mol. The molecule has 2 nitrogen and oxygen atoms in total. The maximum absolute atomic E-state index is 5.45. The van der Waals surface area contributed by atoms with E-state index in [4.69, 9.17) is 4.74 Å². The molecule has 1 aliphatic carbocycles. The zero-order valence-electron chi connectivity index (χ0n) is 14.3. The van der Waals surface area contributed by atoms with E-state index in [1.54, 1.807) is 7.11 Å². The minimum Gasteiger partial charge on any atom is -0.497 e. The number of fused-ring (bicyclic) bond motifs is 1. The van der Waals surface area contributed by atoms with Crippen molar-refractivity contribution >= 4 is 0 Å². The second-order valence-electron chi connectivity index (χ2n) is 7.20. The molecule has 1 saturated heterocycles. The third-order valence-electron chi connectivity index (χ3n) is 5.78. The van der Waals surface area contributed by atoms with Gasteiger partial charge in [-0.2, -0.15) is 0 Å². The number of benzene rings is 1. The van der Waals surface area contributed by atoms with Crippen LogP contribution >= 0.6 is 0 Å². The van der Waals surface area contributed by atoms with E-state index in [1.165, 1.54) is 63.7 Å². The van der Waals surface area contributed by atoms with Crippen molar-refractivity contribution in [2.45, 2.75) is 51.4 Å². The van der Waals surface area contributed by atoms with E-state index in [2.05, 4.69) is 36.1 Å². The lowest BCUT2D eigenvalue weighted by molar-refractivity contribution is 0.113. The zero-order valence-corrected chi connectivity index (χ0v) is 14.3. The monoisotopic (exact) mass is 301 g/mol. The summed E-state index contributed by atoms with van der Waals surface area (Å²) < 4.78 is 5.45. The molecule has 3 rings (SSSR count). The molecule has 22 heavy (non-hydrogen) atoms. The number of hydrogen-bond donors (Lipinski definition) is 0. The van der Waals surface area contributed by atoms with Crippen LogP contribution in [0, 0.1) is 11.8 Å². The lowest BCUT2D eigenvalue weighted by Gasteiger charge is -2.41.